The monoisotopic (exact) mass is 284 g/mol. The second kappa shape index (κ2) is 8.92. The predicted molar refractivity (Wildman–Crippen MR) is 72.6 cm³/mol. The second-order valence-electron chi connectivity index (χ2n) is 4.22. The van der Waals surface area contributed by atoms with E-state index in [4.69, 9.17) is 9.84 Å². The lowest BCUT2D eigenvalue weighted by Gasteiger charge is -2.05. The third-order valence-electron chi connectivity index (χ3n) is 2.52. The van der Waals surface area contributed by atoms with Crippen molar-refractivity contribution in [1.29, 1.82) is 0 Å². The number of carbonyl (C=O) groups is 2. The normalized spacial score (nSPS) is 10.2. The lowest BCUT2D eigenvalue weighted by atomic mass is 10.2. The van der Waals surface area contributed by atoms with Crippen LogP contribution in [0.5, 0.6) is 0 Å². The highest BCUT2D eigenvalue weighted by molar-refractivity contribution is 5.88. The van der Waals surface area contributed by atoms with Crippen molar-refractivity contribution < 1.29 is 19.4 Å². The van der Waals surface area contributed by atoms with Gasteiger partial charge in [0, 0.05) is 26.3 Å². The van der Waals surface area contributed by atoms with Gasteiger partial charge in [0.2, 0.25) is 0 Å². The maximum Gasteiger partial charge on any atom is 0.319 e. The summed E-state index contributed by atoms with van der Waals surface area (Å²) in [6, 6.07) is -0.327. The molecule has 2 amide bonds. The standard InChI is InChI=1S/C12H20N4O4/c1-20-7-6-16-9-10(8-14-16)15-12(19)13-5-3-2-4-11(17)18/h8-9H,2-7H2,1H3,(H,17,18)(H2,13,15,19). The minimum Gasteiger partial charge on any atom is -0.481 e. The number of carboxylic acid groups (broad SMARTS) is 1. The predicted octanol–water partition coefficient (Wildman–Crippen LogP) is 0.906. The van der Waals surface area contributed by atoms with E-state index >= 15 is 0 Å². The first-order chi connectivity index (χ1) is 9.61. The number of nitrogens with zero attached hydrogens (tertiary/aromatic N) is 2. The van der Waals surface area contributed by atoms with Gasteiger partial charge in [-0.1, -0.05) is 0 Å². The number of carbonyl (C=O) groups excluding carboxylic acids is 1. The molecule has 0 radical (unpaired) electrons. The van der Waals surface area contributed by atoms with Crippen LogP contribution in [-0.4, -0.2) is 47.1 Å². The van der Waals surface area contributed by atoms with E-state index in [0.717, 1.165) is 0 Å². The van der Waals surface area contributed by atoms with E-state index in [9.17, 15) is 9.59 Å². The van der Waals surface area contributed by atoms with Gasteiger partial charge in [0.15, 0.2) is 0 Å². The van der Waals surface area contributed by atoms with Gasteiger partial charge in [-0.3, -0.25) is 9.48 Å². The molecule has 0 aromatic carbocycles. The summed E-state index contributed by atoms with van der Waals surface area (Å²) in [5.41, 5.74) is 0.601. The van der Waals surface area contributed by atoms with Gasteiger partial charge < -0.3 is 20.5 Å². The first-order valence-corrected chi connectivity index (χ1v) is 6.40. The fourth-order valence-corrected chi connectivity index (χ4v) is 1.51. The largest absolute Gasteiger partial charge is 0.481 e. The number of urea groups is 1. The summed E-state index contributed by atoms with van der Waals surface area (Å²) in [6.45, 7) is 1.61. The molecule has 0 aliphatic rings. The molecular formula is C12H20N4O4. The number of hydrogen-bond acceptors (Lipinski definition) is 4. The molecule has 8 heteroatoms. The van der Waals surface area contributed by atoms with Gasteiger partial charge in [-0.05, 0) is 12.8 Å². The summed E-state index contributed by atoms with van der Waals surface area (Å²) in [7, 11) is 1.61. The number of methoxy groups -OCH3 is 1. The molecule has 8 nitrogen and oxygen atoms in total. The van der Waals surface area contributed by atoms with E-state index in [0.29, 0.717) is 38.2 Å². The van der Waals surface area contributed by atoms with E-state index in [1.807, 2.05) is 0 Å². The van der Waals surface area contributed by atoms with Gasteiger partial charge in [-0.25, -0.2) is 4.79 Å². The Morgan fingerprint density at radius 1 is 1.45 bits per heavy atom. The Bertz CT molecular complexity index is 433. The van der Waals surface area contributed by atoms with Crippen LogP contribution < -0.4 is 10.6 Å². The number of nitrogens with one attached hydrogen (secondary N) is 2. The number of hydrogen-bond donors (Lipinski definition) is 3. The van der Waals surface area contributed by atoms with E-state index in [-0.39, 0.29) is 12.5 Å². The zero-order chi connectivity index (χ0) is 14.8. The molecule has 0 bridgehead atoms. The Kier molecular flexibility index (Phi) is 7.12. The maximum atomic E-state index is 11.5. The van der Waals surface area contributed by atoms with Crippen molar-refractivity contribution in [2.24, 2.45) is 0 Å². The molecule has 20 heavy (non-hydrogen) atoms. The number of unbranched alkanes of at least 4 members (excludes halogenated alkanes) is 1. The smallest absolute Gasteiger partial charge is 0.319 e. The molecule has 1 aromatic rings. The van der Waals surface area contributed by atoms with E-state index in [1.54, 1.807) is 24.2 Å². The third kappa shape index (κ3) is 6.74. The molecule has 0 saturated heterocycles. The molecule has 1 heterocycles. The van der Waals surface area contributed by atoms with Crippen LogP contribution in [0.2, 0.25) is 0 Å². The fourth-order valence-electron chi connectivity index (χ4n) is 1.51. The molecule has 0 aliphatic carbocycles. The van der Waals surface area contributed by atoms with Gasteiger partial charge >= 0.3 is 12.0 Å². The van der Waals surface area contributed by atoms with Crippen molar-refractivity contribution in [1.82, 2.24) is 15.1 Å². The molecule has 112 valence electrons. The lowest BCUT2D eigenvalue weighted by Crippen LogP contribution is -2.29. The summed E-state index contributed by atoms with van der Waals surface area (Å²) >= 11 is 0. The first-order valence-electron chi connectivity index (χ1n) is 6.40. The van der Waals surface area contributed by atoms with Crippen LogP contribution in [-0.2, 0) is 16.1 Å². The Hall–Kier alpha value is -2.09. The minimum absolute atomic E-state index is 0.121. The summed E-state index contributed by atoms with van der Waals surface area (Å²) in [4.78, 5) is 21.8. The van der Waals surface area contributed by atoms with E-state index < -0.39 is 5.97 Å². The van der Waals surface area contributed by atoms with Crippen LogP contribution in [0.1, 0.15) is 19.3 Å². The molecule has 3 N–H and O–H groups in total. The highest BCUT2D eigenvalue weighted by atomic mass is 16.5. The van der Waals surface area contributed by atoms with E-state index in [1.165, 1.54) is 0 Å². The zero-order valence-electron chi connectivity index (χ0n) is 11.5. The number of rotatable bonds is 9. The minimum atomic E-state index is -0.821. The quantitative estimate of drug-likeness (QED) is 0.584. The maximum absolute atomic E-state index is 11.5. The average molecular weight is 284 g/mol. The zero-order valence-corrected chi connectivity index (χ0v) is 11.5. The number of amides is 2. The number of anilines is 1. The number of carboxylic acids is 1. The SMILES string of the molecule is COCCn1cc(NC(=O)NCCCCC(=O)O)cn1. The molecule has 0 aliphatic heterocycles. The Morgan fingerprint density at radius 2 is 2.25 bits per heavy atom. The van der Waals surface area contributed by atoms with Crippen molar-refractivity contribution in [2.45, 2.75) is 25.8 Å². The van der Waals surface area contributed by atoms with Crippen molar-refractivity contribution in [3.05, 3.63) is 12.4 Å². The molecule has 0 fully saturated rings. The summed E-state index contributed by atoms with van der Waals surface area (Å²) in [5, 5.41) is 17.8. The highest BCUT2D eigenvalue weighted by Gasteiger charge is 2.04. The number of aliphatic carboxylic acids is 1. The van der Waals surface area contributed by atoms with Crippen molar-refractivity contribution in [3.63, 3.8) is 0 Å². The van der Waals surface area contributed by atoms with Crippen LogP contribution in [0.15, 0.2) is 12.4 Å². The average Bonchev–Trinajstić information content (AvgIpc) is 2.83. The second-order valence-corrected chi connectivity index (χ2v) is 4.22. The summed E-state index contributed by atoms with van der Waals surface area (Å²) < 4.78 is 6.60. The van der Waals surface area contributed by atoms with Crippen LogP contribution in [0.4, 0.5) is 10.5 Å². The molecule has 0 unspecified atom stereocenters. The highest BCUT2D eigenvalue weighted by Crippen LogP contribution is 2.04. The van der Waals surface area contributed by atoms with Crippen LogP contribution in [0.25, 0.3) is 0 Å². The third-order valence-corrected chi connectivity index (χ3v) is 2.52. The Morgan fingerprint density at radius 3 is 2.95 bits per heavy atom. The topological polar surface area (TPSA) is 105 Å². The van der Waals surface area contributed by atoms with Gasteiger partial charge in [0.1, 0.15) is 0 Å². The van der Waals surface area contributed by atoms with Crippen molar-refractivity contribution >= 4 is 17.7 Å². The summed E-state index contributed by atoms with van der Waals surface area (Å²) in [5.74, 6) is -0.821. The molecular weight excluding hydrogens is 264 g/mol. The van der Waals surface area contributed by atoms with Gasteiger partial charge in [0.05, 0.1) is 25.0 Å². The lowest BCUT2D eigenvalue weighted by molar-refractivity contribution is -0.137. The molecule has 0 atom stereocenters. The Labute approximate surface area is 117 Å². The fraction of sp³-hybridized carbons (Fsp3) is 0.583. The van der Waals surface area contributed by atoms with Gasteiger partial charge in [-0.2, -0.15) is 5.10 Å². The molecule has 0 saturated carbocycles. The van der Waals surface area contributed by atoms with Crippen LogP contribution in [0.3, 0.4) is 0 Å². The first kappa shape index (κ1) is 16.0. The van der Waals surface area contributed by atoms with Crippen LogP contribution in [0, 0.1) is 0 Å². The van der Waals surface area contributed by atoms with E-state index in [2.05, 4.69) is 15.7 Å². The van der Waals surface area contributed by atoms with Crippen LogP contribution >= 0.6 is 0 Å². The van der Waals surface area contributed by atoms with Crippen molar-refractivity contribution in [3.8, 4) is 0 Å². The number of ether oxygens (including phenoxy) is 1. The number of aromatic nitrogens is 2. The molecule has 0 spiro atoms. The van der Waals surface area contributed by atoms with Crippen molar-refractivity contribution in [2.75, 3.05) is 25.6 Å². The summed E-state index contributed by atoms with van der Waals surface area (Å²) in [6.07, 6.45) is 4.57. The van der Waals surface area contributed by atoms with Gasteiger partial charge in [0.25, 0.3) is 0 Å². The molecule has 1 rings (SSSR count). The van der Waals surface area contributed by atoms with Gasteiger partial charge in [-0.15, -0.1) is 0 Å². The molecule has 1 aromatic heterocycles. The Balaban J connectivity index is 2.18.